The van der Waals surface area contributed by atoms with Gasteiger partial charge in [0.25, 0.3) is 5.91 Å². The highest BCUT2D eigenvalue weighted by Crippen LogP contribution is 2.26. The zero-order valence-electron chi connectivity index (χ0n) is 13.5. The zero-order valence-corrected chi connectivity index (χ0v) is 14.3. The average molecular weight is 349 g/mol. The standard InChI is InChI=1S/C17H20FN3O2S/c1-12-10-15(20-21(12)14-4-2-13(18)3-5-14)16(22)19-11-17(23)6-8-24-9-7-17/h2-5,10,23H,6-9,11H2,1H3,(H,19,22). The fourth-order valence-electron chi connectivity index (χ4n) is 2.69. The van der Waals surface area contributed by atoms with Crippen LogP contribution in [0.3, 0.4) is 0 Å². The maximum atomic E-state index is 13.0. The number of hydrogen-bond donors (Lipinski definition) is 2. The molecule has 1 aromatic carbocycles. The molecule has 0 spiro atoms. The van der Waals surface area contributed by atoms with Gasteiger partial charge in [-0.3, -0.25) is 4.79 Å². The lowest BCUT2D eigenvalue weighted by atomic mass is 9.97. The molecule has 1 saturated heterocycles. The van der Waals surface area contributed by atoms with Crippen LogP contribution in [-0.2, 0) is 0 Å². The fraction of sp³-hybridized carbons (Fsp3) is 0.412. The molecule has 2 heterocycles. The largest absolute Gasteiger partial charge is 0.388 e. The molecule has 2 aromatic rings. The van der Waals surface area contributed by atoms with Gasteiger partial charge in [0, 0.05) is 12.2 Å². The molecule has 0 bridgehead atoms. The van der Waals surface area contributed by atoms with E-state index in [1.165, 1.54) is 12.1 Å². The van der Waals surface area contributed by atoms with E-state index in [0.717, 1.165) is 17.2 Å². The van der Waals surface area contributed by atoms with Gasteiger partial charge in [0.1, 0.15) is 5.82 Å². The predicted octanol–water partition coefficient (Wildman–Crippen LogP) is 2.31. The number of hydrogen-bond acceptors (Lipinski definition) is 4. The van der Waals surface area contributed by atoms with Gasteiger partial charge in [-0.25, -0.2) is 9.07 Å². The van der Waals surface area contributed by atoms with Gasteiger partial charge < -0.3 is 10.4 Å². The predicted molar refractivity (Wildman–Crippen MR) is 92.1 cm³/mol. The lowest BCUT2D eigenvalue weighted by Gasteiger charge is -2.31. The molecule has 1 aromatic heterocycles. The third-order valence-electron chi connectivity index (χ3n) is 4.19. The van der Waals surface area contributed by atoms with Crippen molar-refractivity contribution in [2.75, 3.05) is 18.1 Å². The van der Waals surface area contributed by atoms with Gasteiger partial charge in [-0.05, 0) is 61.6 Å². The van der Waals surface area contributed by atoms with Crippen LogP contribution in [0.25, 0.3) is 5.69 Å². The van der Waals surface area contributed by atoms with E-state index in [2.05, 4.69) is 10.4 Å². The second-order valence-electron chi connectivity index (χ2n) is 6.08. The van der Waals surface area contributed by atoms with E-state index < -0.39 is 5.60 Å². The van der Waals surface area contributed by atoms with Crippen LogP contribution in [0.1, 0.15) is 29.0 Å². The molecule has 5 nitrogen and oxygen atoms in total. The van der Waals surface area contributed by atoms with Crippen LogP contribution < -0.4 is 5.32 Å². The Labute approximate surface area is 144 Å². The maximum Gasteiger partial charge on any atom is 0.271 e. The second-order valence-corrected chi connectivity index (χ2v) is 7.30. The number of benzene rings is 1. The van der Waals surface area contributed by atoms with E-state index in [0.29, 0.717) is 18.5 Å². The Bertz CT molecular complexity index is 724. The molecule has 7 heteroatoms. The molecular weight excluding hydrogens is 329 g/mol. The van der Waals surface area contributed by atoms with Gasteiger partial charge in [0.05, 0.1) is 11.3 Å². The second kappa shape index (κ2) is 6.94. The quantitative estimate of drug-likeness (QED) is 0.889. The monoisotopic (exact) mass is 349 g/mol. The van der Waals surface area contributed by atoms with Crippen molar-refractivity contribution in [1.29, 1.82) is 0 Å². The molecule has 24 heavy (non-hydrogen) atoms. The van der Waals surface area contributed by atoms with Crippen LogP contribution in [0.4, 0.5) is 4.39 Å². The highest BCUT2D eigenvalue weighted by molar-refractivity contribution is 7.99. The summed E-state index contributed by atoms with van der Waals surface area (Å²) in [5.41, 5.74) is 0.927. The number of aromatic nitrogens is 2. The van der Waals surface area contributed by atoms with Crippen LogP contribution >= 0.6 is 11.8 Å². The topological polar surface area (TPSA) is 67.2 Å². The molecule has 1 aliphatic heterocycles. The molecule has 0 aliphatic carbocycles. The molecule has 0 saturated carbocycles. The number of carbonyl (C=O) groups excluding carboxylic acids is 1. The van der Waals surface area contributed by atoms with Gasteiger partial charge in [0.2, 0.25) is 0 Å². The van der Waals surface area contributed by atoms with E-state index in [9.17, 15) is 14.3 Å². The normalized spacial score (nSPS) is 16.8. The summed E-state index contributed by atoms with van der Waals surface area (Å²) in [6.07, 6.45) is 1.36. The Kier molecular flexibility index (Phi) is 4.91. The summed E-state index contributed by atoms with van der Waals surface area (Å²) in [5, 5.41) is 17.5. The Morgan fingerprint density at radius 1 is 1.38 bits per heavy atom. The first-order valence-corrected chi connectivity index (χ1v) is 9.03. The van der Waals surface area contributed by atoms with Crippen LogP contribution in [0.2, 0.25) is 0 Å². The Balaban J connectivity index is 1.69. The number of thioether (sulfide) groups is 1. The average Bonchev–Trinajstić information content (AvgIpc) is 2.96. The number of halogens is 1. The molecule has 1 fully saturated rings. The summed E-state index contributed by atoms with van der Waals surface area (Å²) in [4.78, 5) is 12.3. The molecule has 2 N–H and O–H groups in total. The zero-order chi connectivity index (χ0) is 17.2. The lowest BCUT2D eigenvalue weighted by molar-refractivity contribution is 0.0310. The van der Waals surface area contributed by atoms with Crippen molar-refractivity contribution < 1.29 is 14.3 Å². The summed E-state index contributed by atoms with van der Waals surface area (Å²) < 4.78 is 14.6. The number of nitrogens with one attached hydrogen (secondary N) is 1. The number of aliphatic hydroxyl groups is 1. The van der Waals surface area contributed by atoms with Gasteiger partial charge in [-0.2, -0.15) is 16.9 Å². The minimum absolute atomic E-state index is 0.231. The van der Waals surface area contributed by atoms with Crippen LogP contribution in [0, 0.1) is 12.7 Å². The molecule has 1 aliphatic rings. The van der Waals surface area contributed by atoms with Crippen molar-refractivity contribution in [3.8, 4) is 5.69 Å². The summed E-state index contributed by atoms with van der Waals surface area (Å²) in [7, 11) is 0. The van der Waals surface area contributed by atoms with Crippen molar-refractivity contribution in [1.82, 2.24) is 15.1 Å². The van der Waals surface area contributed by atoms with Crippen molar-refractivity contribution in [3.63, 3.8) is 0 Å². The summed E-state index contributed by atoms with van der Waals surface area (Å²) >= 11 is 1.82. The van der Waals surface area contributed by atoms with E-state index in [-0.39, 0.29) is 24.0 Å². The first kappa shape index (κ1) is 17.0. The fourth-order valence-corrected chi connectivity index (χ4v) is 3.95. The Morgan fingerprint density at radius 2 is 2.04 bits per heavy atom. The molecule has 1 amide bonds. The Hall–Kier alpha value is -1.86. The van der Waals surface area contributed by atoms with E-state index >= 15 is 0 Å². The van der Waals surface area contributed by atoms with Gasteiger partial charge in [0.15, 0.2) is 5.69 Å². The molecule has 0 unspecified atom stereocenters. The van der Waals surface area contributed by atoms with E-state index in [4.69, 9.17) is 0 Å². The van der Waals surface area contributed by atoms with Gasteiger partial charge in [-0.15, -0.1) is 0 Å². The van der Waals surface area contributed by atoms with Crippen molar-refractivity contribution >= 4 is 17.7 Å². The minimum Gasteiger partial charge on any atom is -0.388 e. The lowest BCUT2D eigenvalue weighted by Crippen LogP contribution is -2.45. The number of carbonyl (C=O) groups is 1. The Morgan fingerprint density at radius 3 is 2.71 bits per heavy atom. The third kappa shape index (κ3) is 3.79. The van der Waals surface area contributed by atoms with Crippen LogP contribution in [-0.4, -0.2) is 44.4 Å². The number of rotatable bonds is 4. The van der Waals surface area contributed by atoms with Crippen molar-refractivity contribution in [2.45, 2.75) is 25.4 Å². The minimum atomic E-state index is -0.824. The molecule has 0 radical (unpaired) electrons. The highest BCUT2D eigenvalue weighted by atomic mass is 32.2. The van der Waals surface area contributed by atoms with Crippen LogP contribution in [0.5, 0.6) is 0 Å². The van der Waals surface area contributed by atoms with Crippen molar-refractivity contribution in [2.24, 2.45) is 0 Å². The third-order valence-corrected chi connectivity index (χ3v) is 5.18. The number of amides is 1. The highest BCUT2D eigenvalue weighted by Gasteiger charge is 2.30. The van der Waals surface area contributed by atoms with Gasteiger partial charge >= 0.3 is 0 Å². The first-order chi connectivity index (χ1) is 11.5. The SMILES string of the molecule is Cc1cc(C(=O)NCC2(O)CCSCC2)nn1-c1ccc(F)cc1. The molecular formula is C17H20FN3O2S. The summed E-state index contributed by atoms with van der Waals surface area (Å²) in [6, 6.07) is 7.61. The maximum absolute atomic E-state index is 13.0. The first-order valence-electron chi connectivity index (χ1n) is 7.88. The van der Waals surface area contributed by atoms with Gasteiger partial charge in [-0.1, -0.05) is 0 Å². The smallest absolute Gasteiger partial charge is 0.271 e. The molecule has 128 valence electrons. The number of aryl methyl sites for hydroxylation is 1. The molecule has 3 rings (SSSR count). The van der Waals surface area contributed by atoms with E-state index in [1.54, 1.807) is 22.9 Å². The molecule has 0 atom stereocenters. The van der Waals surface area contributed by atoms with E-state index in [1.807, 2.05) is 18.7 Å². The van der Waals surface area contributed by atoms with Crippen LogP contribution in [0.15, 0.2) is 30.3 Å². The van der Waals surface area contributed by atoms with Crippen molar-refractivity contribution in [3.05, 3.63) is 47.5 Å². The number of nitrogens with zero attached hydrogens (tertiary/aromatic N) is 2. The summed E-state index contributed by atoms with van der Waals surface area (Å²) in [6.45, 7) is 2.06. The summed E-state index contributed by atoms with van der Waals surface area (Å²) in [5.74, 6) is 1.18.